The van der Waals surface area contributed by atoms with E-state index >= 15 is 0 Å². The molecule has 0 aliphatic rings. The Morgan fingerprint density at radius 1 is 1.46 bits per heavy atom. The van der Waals surface area contributed by atoms with Crippen LogP contribution in [0.2, 0.25) is 0 Å². The largest absolute Gasteiger partial charge is 0.496 e. The van der Waals surface area contributed by atoms with Gasteiger partial charge in [-0.25, -0.2) is 4.39 Å². The van der Waals surface area contributed by atoms with E-state index in [-0.39, 0.29) is 12.4 Å². The maximum Gasteiger partial charge on any atom is 0.123 e. The molecular weight excluding hydrogens is 193 g/mol. The molecule has 0 aliphatic heterocycles. The highest BCUT2D eigenvalue weighted by atomic mass is 35.5. The fraction of sp³-hybridized carbons (Fsp3) is 0.333. The van der Waals surface area contributed by atoms with Crippen molar-refractivity contribution in [2.45, 2.75) is 6.04 Å². The average molecular weight is 206 g/mol. The third kappa shape index (κ3) is 2.86. The zero-order valence-corrected chi connectivity index (χ0v) is 8.18. The van der Waals surface area contributed by atoms with Gasteiger partial charge in [-0.1, -0.05) is 18.2 Å². The first kappa shape index (κ1) is 12.2. The van der Waals surface area contributed by atoms with Crippen LogP contribution in [0.4, 0.5) is 4.39 Å². The van der Waals surface area contributed by atoms with Crippen molar-refractivity contribution in [3.8, 4) is 5.75 Å². The highest BCUT2D eigenvalue weighted by Gasteiger charge is 2.09. The highest BCUT2D eigenvalue weighted by Crippen LogP contribution is 2.22. The SMILES string of the molecule is COc1ccccc1[C@H](N)CF.Cl. The second-order valence-corrected chi connectivity index (χ2v) is 2.50. The molecule has 0 heterocycles. The molecule has 0 saturated heterocycles. The van der Waals surface area contributed by atoms with Gasteiger partial charge in [0, 0.05) is 5.56 Å². The third-order valence-electron chi connectivity index (χ3n) is 1.70. The number of halogens is 2. The van der Waals surface area contributed by atoms with E-state index in [0.717, 1.165) is 0 Å². The third-order valence-corrected chi connectivity index (χ3v) is 1.70. The molecular formula is C9H13ClFNO. The monoisotopic (exact) mass is 205 g/mol. The molecule has 0 spiro atoms. The zero-order chi connectivity index (χ0) is 8.97. The summed E-state index contributed by atoms with van der Waals surface area (Å²) < 4.78 is 17.2. The van der Waals surface area contributed by atoms with Crippen LogP contribution < -0.4 is 10.5 Å². The molecule has 74 valence electrons. The van der Waals surface area contributed by atoms with Crippen molar-refractivity contribution in [2.75, 3.05) is 13.8 Å². The standard InChI is InChI=1S/C9H12FNO.ClH/c1-12-9-5-3-2-4-7(9)8(11)6-10;/h2-5,8H,6,11H2,1H3;1H/t8-;/m1./s1. The van der Waals surface area contributed by atoms with Crippen LogP contribution in [0, 0.1) is 0 Å². The van der Waals surface area contributed by atoms with Crippen LogP contribution in [0.15, 0.2) is 24.3 Å². The van der Waals surface area contributed by atoms with Gasteiger partial charge in [0.2, 0.25) is 0 Å². The second-order valence-electron chi connectivity index (χ2n) is 2.50. The van der Waals surface area contributed by atoms with E-state index in [1.54, 1.807) is 19.2 Å². The lowest BCUT2D eigenvalue weighted by atomic mass is 10.1. The minimum absolute atomic E-state index is 0. The van der Waals surface area contributed by atoms with Crippen molar-refractivity contribution in [3.05, 3.63) is 29.8 Å². The van der Waals surface area contributed by atoms with Crippen LogP contribution in [-0.4, -0.2) is 13.8 Å². The Balaban J connectivity index is 0.00000144. The fourth-order valence-electron chi connectivity index (χ4n) is 1.06. The Morgan fingerprint density at radius 2 is 2.08 bits per heavy atom. The van der Waals surface area contributed by atoms with E-state index < -0.39 is 12.7 Å². The lowest BCUT2D eigenvalue weighted by molar-refractivity contribution is 0.389. The maximum absolute atomic E-state index is 12.2. The first-order chi connectivity index (χ1) is 5.79. The van der Waals surface area contributed by atoms with Crippen LogP contribution in [-0.2, 0) is 0 Å². The summed E-state index contributed by atoms with van der Waals surface area (Å²) in [6, 6.07) is 6.59. The summed E-state index contributed by atoms with van der Waals surface area (Å²) in [5.74, 6) is 0.641. The van der Waals surface area contributed by atoms with Gasteiger partial charge in [0.05, 0.1) is 13.2 Å². The number of benzene rings is 1. The molecule has 0 unspecified atom stereocenters. The average Bonchev–Trinajstić information content (AvgIpc) is 2.16. The number of alkyl halides is 1. The minimum Gasteiger partial charge on any atom is -0.496 e. The molecule has 0 radical (unpaired) electrons. The molecule has 1 atom stereocenters. The first-order valence-electron chi connectivity index (χ1n) is 3.74. The quantitative estimate of drug-likeness (QED) is 0.820. The molecule has 0 saturated carbocycles. The molecule has 0 bridgehead atoms. The van der Waals surface area contributed by atoms with Crippen LogP contribution >= 0.6 is 12.4 Å². The molecule has 1 rings (SSSR count). The van der Waals surface area contributed by atoms with E-state index in [2.05, 4.69) is 0 Å². The maximum atomic E-state index is 12.2. The van der Waals surface area contributed by atoms with E-state index in [1.165, 1.54) is 0 Å². The van der Waals surface area contributed by atoms with Gasteiger partial charge in [-0.15, -0.1) is 12.4 Å². The summed E-state index contributed by atoms with van der Waals surface area (Å²) in [5, 5.41) is 0. The van der Waals surface area contributed by atoms with Crippen molar-refractivity contribution < 1.29 is 9.13 Å². The van der Waals surface area contributed by atoms with E-state index in [4.69, 9.17) is 10.5 Å². The first-order valence-corrected chi connectivity index (χ1v) is 3.74. The van der Waals surface area contributed by atoms with Crippen LogP contribution in [0.5, 0.6) is 5.75 Å². The predicted molar refractivity (Wildman–Crippen MR) is 53.1 cm³/mol. The van der Waals surface area contributed by atoms with Gasteiger partial charge in [-0.2, -0.15) is 0 Å². The highest BCUT2D eigenvalue weighted by molar-refractivity contribution is 5.85. The summed E-state index contributed by atoms with van der Waals surface area (Å²) in [7, 11) is 1.55. The van der Waals surface area contributed by atoms with Crippen LogP contribution in [0.1, 0.15) is 11.6 Å². The molecule has 13 heavy (non-hydrogen) atoms. The molecule has 4 heteroatoms. The molecule has 2 N–H and O–H groups in total. The molecule has 0 amide bonds. The molecule has 1 aromatic rings. The number of methoxy groups -OCH3 is 1. The number of rotatable bonds is 3. The van der Waals surface area contributed by atoms with Crippen LogP contribution in [0.25, 0.3) is 0 Å². The Bertz CT molecular complexity index is 257. The van der Waals surface area contributed by atoms with Gasteiger partial charge in [0.15, 0.2) is 0 Å². The molecule has 2 nitrogen and oxygen atoms in total. The molecule has 0 fully saturated rings. The van der Waals surface area contributed by atoms with Gasteiger partial charge in [0.25, 0.3) is 0 Å². The van der Waals surface area contributed by atoms with Gasteiger partial charge in [0.1, 0.15) is 12.4 Å². The van der Waals surface area contributed by atoms with Crippen LogP contribution in [0.3, 0.4) is 0 Å². The molecule has 0 aromatic heterocycles. The predicted octanol–water partition coefficient (Wildman–Crippen LogP) is 2.09. The topological polar surface area (TPSA) is 35.2 Å². The fourth-order valence-corrected chi connectivity index (χ4v) is 1.06. The summed E-state index contributed by atoms with van der Waals surface area (Å²) in [6.07, 6.45) is 0. The summed E-state index contributed by atoms with van der Waals surface area (Å²) >= 11 is 0. The second kappa shape index (κ2) is 5.78. The number of nitrogens with two attached hydrogens (primary N) is 1. The number of hydrogen-bond donors (Lipinski definition) is 1. The lowest BCUT2D eigenvalue weighted by Crippen LogP contribution is -2.13. The summed E-state index contributed by atoms with van der Waals surface area (Å²) in [6.45, 7) is -0.569. The number of hydrogen-bond acceptors (Lipinski definition) is 2. The normalized spacial score (nSPS) is 11.6. The Morgan fingerprint density at radius 3 is 2.62 bits per heavy atom. The van der Waals surface area contributed by atoms with Crippen molar-refractivity contribution in [2.24, 2.45) is 5.73 Å². The Hall–Kier alpha value is -0.800. The van der Waals surface area contributed by atoms with E-state index in [0.29, 0.717) is 11.3 Å². The van der Waals surface area contributed by atoms with Gasteiger partial charge < -0.3 is 10.5 Å². The Labute approximate surface area is 83.3 Å². The Kier molecular flexibility index (Phi) is 5.42. The minimum atomic E-state index is -0.582. The van der Waals surface area contributed by atoms with Crippen molar-refractivity contribution in [3.63, 3.8) is 0 Å². The number of para-hydroxylation sites is 1. The lowest BCUT2D eigenvalue weighted by Gasteiger charge is -2.11. The van der Waals surface area contributed by atoms with Gasteiger partial charge in [-0.3, -0.25) is 0 Å². The summed E-state index contributed by atoms with van der Waals surface area (Å²) in [5.41, 5.74) is 6.23. The number of ether oxygens (including phenoxy) is 1. The van der Waals surface area contributed by atoms with E-state index in [1.807, 2.05) is 12.1 Å². The zero-order valence-electron chi connectivity index (χ0n) is 7.37. The summed E-state index contributed by atoms with van der Waals surface area (Å²) in [4.78, 5) is 0. The van der Waals surface area contributed by atoms with Gasteiger partial charge >= 0.3 is 0 Å². The smallest absolute Gasteiger partial charge is 0.123 e. The van der Waals surface area contributed by atoms with Crippen molar-refractivity contribution in [1.29, 1.82) is 0 Å². The molecule has 1 aromatic carbocycles. The van der Waals surface area contributed by atoms with Gasteiger partial charge in [-0.05, 0) is 6.07 Å². The van der Waals surface area contributed by atoms with Crippen molar-refractivity contribution in [1.82, 2.24) is 0 Å². The molecule has 0 aliphatic carbocycles. The van der Waals surface area contributed by atoms with Crippen molar-refractivity contribution >= 4 is 12.4 Å². The van der Waals surface area contributed by atoms with E-state index in [9.17, 15) is 4.39 Å².